The molecule has 3 aromatic heterocycles. The smallest absolute Gasteiger partial charge is 0.235 e. The summed E-state index contributed by atoms with van der Waals surface area (Å²) in [5, 5.41) is 5.48. The second kappa shape index (κ2) is 6.15. The number of furan rings is 1. The first-order valence-electron chi connectivity index (χ1n) is 10.0. The second-order valence-corrected chi connectivity index (χ2v) is 8.57. The summed E-state index contributed by atoms with van der Waals surface area (Å²) < 4.78 is 9.38. The summed E-state index contributed by atoms with van der Waals surface area (Å²) in [7, 11) is 0. The molecule has 0 fully saturated rings. The minimum Gasteiger partial charge on any atom is -0.456 e. The number of nitrogens with zero attached hydrogens (tertiary/aromatic N) is 3. The third kappa shape index (κ3) is 2.35. The average Bonchev–Trinajstić information content (AvgIpc) is 3.34. The standard InChI is InChI=1S/C26H14BrN3O/c27-16-9-11-21-19(13-16)17-10-12-23-24(18-6-2-4-8-22(18)31-23)25(17)30(21)26-28-14-15-5-1-3-7-20(15)29-26/h1-14H. The Morgan fingerprint density at radius 2 is 1.65 bits per heavy atom. The number of aromatic nitrogens is 3. The molecule has 0 saturated heterocycles. The molecule has 0 unspecified atom stereocenters. The van der Waals surface area contributed by atoms with Crippen molar-refractivity contribution in [2.45, 2.75) is 0 Å². The quantitative estimate of drug-likeness (QED) is 0.255. The molecule has 31 heavy (non-hydrogen) atoms. The van der Waals surface area contributed by atoms with Gasteiger partial charge in [0.25, 0.3) is 0 Å². The Hall–Kier alpha value is -3.70. The molecule has 0 radical (unpaired) electrons. The summed E-state index contributed by atoms with van der Waals surface area (Å²) in [5.74, 6) is 0.652. The maximum Gasteiger partial charge on any atom is 0.235 e. The van der Waals surface area contributed by atoms with E-state index in [4.69, 9.17) is 14.4 Å². The molecule has 4 nitrogen and oxygen atoms in total. The van der Waals surface area contributed by atoms with Gasteiger partial charge in [0.2, 0.25) is 5.95 Å². The van der Waals surface area contributed by atoms with Gasteiger partial charge in [-0.1, -0.05) is 52.3 Å². The van der Waals surface area contributed by atoms with Crippen LogP contribution in [0.3, 0.4) is 0 Å². The number of fused-ring (bicyclic) bond motifs is 8. The van der Waals surface area contributed by atoms with E-state index in [0.717, 1.165) is 59.1 Å². The van der Waals surface area contributed by atoms with Crippen LogP contribution in [0.25, 0.3) is 60.6 Å². The zero-order chi connectivity index (χ0) is 20.5. The van der Waals surface area contributed by atoms with Crippen molar-refractivity contribution < 1.29 is 4.42 Å². The van der Waals surface area contributed by atoms with Gasteiger partial charge in [0.15, 0.2) is 0 Å². The van der Waals surface area contributed by atoms with Crippen molar-refractivity contribution in [1.29, 1.82) is 0 Å². The average molecular weight is 464 g/mol. The SMILES string of the molecule is Brc1ccc2c(c1)c1ccc3oc4ccccc4c3c1n2-c1ncc2ccccc2n1. The largest absolute Gasteiger partial charge is 0.456 e. The van der Waals surface area contributed by atoms with E-state index in [0.29, 0.717) is 5.95 Å². The number of hydrogen-bond acceptors (Lipinski definition) is 3. The normalized spacial score (nSPS) is 12.0. The van der Waals surface area contributed by atoms with Crippen molar-refractivity contribution in [3.8, 4) is 5.95 Å². The van der Waals surface area contributed by atoms with E-state index in [1.54, 1.807) is 0 Å². The first kappa shape index (κ1) is 17.0. The summed E-state index contributed by atoms with van der Waals surface area (Å²) in [5.41, 5.74) is 4.78. The molecular weight excluding hydrogens is 450 g/mol. The lowest BCUT2D eigenvalue weighted by Crippen LogP contribution is -2.01. The van der Waals surface area contributed by atoms with E-state index < -0.39 is 0 Å². The molecule has 146 valence electrons. The summed E-state index contributed by atoms with van der Waals surface area (Å²) in [6, 6.07) is 26.8. The van der Waals surface area contributed by atoms with Gasteiger partial charge < -0.3 is 4.42 Å². The van der Waals surface area contributed by atoms with Crippen LogP contribution in [0, 0.1) is 0 Å². The van der Waals surface area contributed by atoms with Crippen molar-refractivity contribution in [2.75, 3.05) is 0 Å². The number of hydrogen-bond donors (Lipinski definition) is 0. The summed E-state index contributed by atoms with van der Waals surface area (Å²) in [6.45, 7) is 0. The van der Waals surface area contributed by atoms with Gasteiger partial charge in [-0.3, -0.25) is 4.57 Å². The number of para-hydroxylation sites is 2. The topological polar surface area (TPSA) is 43.9 Å². The van der Waals surface area contributed by atoms with Gasteiger partial charge in [-0.25, -0.2) is 9.97 Å². The van der Waals surface area contributed by atoms with Crippen molar-refractivity contribution >= 4 is 70.6 Å². The molecule has 7 aromatic rings. The van der Waals surface area contributed by atoms with Crippen molar-refractivity contribution in [1.82, 2.24) is 14.5 Å². The Morgan fingerprint density at radius 1 is 0.774 bits per heavy atom. The monoisotopic (exact) mass is 463 g/mol. The van der Waals surface area contributed by atoms with Crippen molar-refractivity contribution in [3.63, 3.8) is 0 Å². The highest BCUT2D eigenvalue weighted by Crippen LogP contribution is 2.40. The zero-order valence-electron chi connectivity index (χ0n) is 16.2. The van der Waals surface area contributed by atoms with Gasteiger partial charge in [-0.2, -0.15) is 0 Å². The van der Waals surface area contributed by atoms with Gasteiger partial charge in [0, 0.05) is 32.2 Å². The number of benzene rings is 4. The molecule has 0 atom stereocenters. The fraction of sp³-hybridized carbons (Fsp3) is 0. The van der Waals surface area contributed by atoms with Crippen molar-refractivity contribution in [3.05, 3.63) is 89.5 Å². The Kier molecular flexibility index (Phi) is 3.38. The van der Waals surface area contributed by atoms with Crippen LogP contribution in [0.4, 0.5) is 0 Å². The molecule has 0 N–H and O–H groups in total. The molecular formula is C26H14BrN3O. The molecule has 0 bridgehead atoms. The summed E-state index contributed by atoms with van der Waals surface area (Å²) in [6.07, 6.45) is 1.89. The van der Waals surface area contributed by atoms with E-state index in [-0.39, 0.29) is 0 Å². The van der Waals surface area contributed by atoms with Gasteiger partial charge in [0.1, 0.15) is 11.2 Å². The Balaban J connectivity index is 1.74. The van der Waals surface area contributed by atoms with Gasteiger partial charge in [-0.15, -0.1) is 0 Å². The van der Waals surface area contributed by atoms with Crippen LogP contribution in [0.15, 0.2) is 93.9 Å². The van der Waals surface area contributed by atoms with E-state index in [9.17, 15) is 0 Å². The maximum absolute atomic E-state index is 6.18. The highest BCUT2D eigenvalue weighted by molar-refractivity contribution is 9.10. The predicted octanol–water partition coefficient (Wildman–Crippen LogP) is 7.39. The van der Waals surface area contributed by atoms with Crippen LogP contribution in [0.5, 0.6) is 0 Å². The van der Waals surface area contributed by atoms with Crippen molar-refractivity contribution in [2.24, 2.45) is 0 Å². The van der Waals surface area contributed by atoms with Crippen LogP contribution < -0.4 is 0 Å². The molecule has 0 spiro atoms. The molecule has 7 rings (SSSR count). The first-order valence-corrected chi connectivity index (χ1v) is 10.8. The predicted molar refractivity (Wildman–Crippen MR) is 129 cm³/mol. The van der Waals surface area contributed by atoms with Crippen LogP contribution >= 0.6 is 15.9 Å². The molecule has 5 heteroatoms. The number of rotatable bonds is 1. The lowest BCUT2D eigenvalue weighted by Gasteiger charge is -2.07. The van der Waals surface area contributed by atoms with Crippen LogP contribution in [0.1, 0.15) is 0 Å². The fourth-order valence-corrected chi connectivity index (χ4v) is 4.93. The van der Waals surface area contributed by atoms with E-state index in [1.807, 2.05) is 48.7 Å². The third-order valence-electron chi connectivity index (χ3n) is 5.91. The zero-order valence-corrected chi connectivity index (χ0v) is 17.8. The third-order valence-corrected chi connectivity index (χ3v) is 6.40. The fourth-order valence-electron chi connectivity index (χ4n) is 4.57. The summed E-state index contributed by atoms with van der Waals surface area (Å²) >= 11 is 3.64. The van der Waals surface area contributed by atoms with Gasteiger partial charge in [0.05, 0.1) is 21.9 Å². The Labute approximate surface area is 184 Å². The van der Waals surface area contributed by atoms with E-state index in [1.165, 1.54) is 0 Å². The van der Waals surface area contributed by atoms with Crippen LogP contribution in [-0.2, 0) is 0 Å². The molecule has 0 aliphatic heterocycles. The minimum atomic E-state index is 0.652. The first-order chi connectivity index (χ1) is 15.3. The van der Waals surface area contributed by atoms with E-state index in [2.05, 4.69) is 56.9 Å². The number of halogens is 1. The Morgan fingerprint density at radius 3 is 2.61 bits per heavy atom. The van der Waals surface area contributed by atoms with Crippen LogP contribution in [-0.4, -0.2) is 14.5 Å². The minimum absolute atomic E-state index is 0.652. The Bertz CT molecular complexity index is 1810. The molecule has 3 heterocycles. The molecule has 0 aliphatic rings. The lowest BCUT2D eigenvalue weighted by molar-refractivity contribution is 0.669. The molecule has 4 aromatic carbocycles. The van der Waals surface area contributed by atoms with Gasteiger partial charge in [-0.05, 0) is 42.5 Å². The second-order valence-electron chi connectivity index (χ2n) is 7.66. The van der Waals surface area contributed by atoms with E-state index >= 15 is 0 Å². The maximum atomic E-state index is 6.18. The molecule has 0 saturated carbocycles. The molecule has 0 amide bonds. The highest BCUT2D eigenvalue weighted by atomic mass is 79.9. The lowest BCUT2D eigenvalue weighted by atomic mass is 10.1. The molecule has 0 aliphatic carbocycles. The van der Waals surface area contributed by atoms with Gasteiger partial charge >= 0.3 is 0 Å². The van der Waals surface area contributed by atoms with Crippen LogP contribution in [0.2, 0.25) is 0 Å². The summed E-state index contributed by atoms with van der Waals surface area (Å²) in [4.78, 5) is 9.67. The highest BCUT2D eigenvalue weighted by Gasteiger charge is 2.20.